The summed E-state index contributed by atoms with van der Waals surface area (Å²) in [5.41, 5.74) is 3.00. The molecule has 1 saturated carbocycles. The van der Waals surface area contributed by atoms with E-state index in [1.54, 1.807) is 11.3 Å². The minimum Gasteiger partial charge on any atom is -0.357 e. The number of carbonyl (C=O) groups is 1. The van der Waals surface area contributed by atoms with E-state index in [1.807, 2.05) is 38.1 Å². The molecule has 1 aromatic heterocycles. The number of anilines is 1. The van der Waals surface area contributed by atoms with Crippen molar-refractivity contribution in [3.05, 3.63) is 45.4 Å². The van der Waals surface area contributed by atoms with Crippen molar-refractivity contribution < 1.29 is 4.79 Å². The smallest absolute Gasteiger partial charge is 0.227 e. The van der Waals surface area contributed by atoms with Gasteiger partial charge in [-0.2, -0.15) is 0 Å². The lowest BCUT2D eigenvalue weighted by Crippen LogP contribution is -2.36. The highest BCUT2D eigenvalue weighted by atomic mass is 127. The number of hydrogen-bond donors (Lipinski definition) is 3. The van der Waals surface area contributed by atoms with E-state index in [1.165, 1.54) is 4.88 Å². The number of carbonyl (C=O) groups excluding carboxylic acids is 1. The summed E-state index contributed by atoms with van der Waals surface area (Å²) in [7, 11) is 0. The molecular weight excluding hydrogens is 509 g/mol. The molecule has 3 N–H and O–H groups in total. The number of aliphatic imine (C=N–C) groups is 1. The third-order valence-corrected chi connectivity index (χ3v) is 6.24. The van der Waals surface area contributed by atoms with Crippen molar-refractivity contribution in [2.45, 2.75) is 59.5 Å². The zero-order valence-electron chi connectivity index (χ0n) is 18.0. The Morgan fingerprint density at radius 2 is 2.00 bits per heavy atom. The minimum absolute atomic E-state index is 0. The number of nitrogens with zero attached hydrogens (tertiary/aromatic N) is 2. The van der Waals surface area contributed by atoms with Crippen molar-refractivity contribution in [1.29, 1.82) is 0 Å². The van der Waals surface area contributed by atoms with Crippen LogP contribution in [0.4, 0.5) is 5.69 Å². The molecule has 0 spiro atoms. The maximum atomic E-state index is 12.4. The summed E-state index contributed by atoms with van der Waals surface area (Å²) in [6.45, 7) is 8.16. The summed E-state index contributed by atoms with van der Waals surface area (Å²) in [5, 5.41) is 10.7. The highest BCUT2D eigenvalue weighted by Gasteiger charge is 2.22. The number of aromatic nitrogens is 1. The molecule has 0 saturated heterocycles. The van der Waals surface area contributed by atoms with Gasteiger partial charge in [-0.15, -0.1) is 35.3 Å². The fraction of sp³-hybridized carbons (Fsp3) is 0.500. The number of thiazole rings is 1. The minimum atomic E-state index is 0. The molecule has 0 radical (unpaired) electrons. The SMILES string of the molecule is CCNC(=NCc1cccc(NC(=O)C2CCCC2)c1)NCc1nc(C)c(C)s1.I. The van der Waals surface area contributed by atoms with Gasteiger partial charge in [-0.05, 0) is 51.3 Å². The van der Waals surface area contributed by atoms with Crippen LogP contribution in [0.1, 0.15) is 53.7 Å². The van der Waals surface area contributed by atoms with E-state index in [9.17, 15) is 4.79 Å². The van der Waals surface area contributed by atoms with Crippen LogP contribution in [0.25, 0.3) is 0 Å². The van der Waals surface area contributed by atoms with Gasteiger partial charge in [-0.3, -0.25) is 4.79 Å². The lowest BCUT2D eigenvalue weighted by Gasteiger charge is -2.12. The van der Waals surface area contributed by atoms with Gasteiger partial charge >= 0.3 is 0 Å². The van der Waals surface area contributed by atoms with Crippen molar-refractivity contribution in [3.63, 3.8) is 0 Å². The monoisotopic (exact) mass is 541 g/mol. The normalized spacial score (nSPS) is 14.3. The highest BCUT2D eigenvalue weighted by molar-refractivity contribution is 14.0. The first-order valence-electron chi connectivity index (χ1n) is 10.4. The van der Waals surface area contributed by atoms with Gasteiger partial charge in [0.15, 0.2) is 5.96 Å². The lowest BCUT2D eigenvalue weighted by atomic mass is 10.1. The van der Waals surface area contributed by atoms with E-state index in [4.69, 9.17) is 0 Å². The molecule has 1 aliphatic carbocycles. The highest BCUT2D eigenvalue weighted by Crippen LogP contribution is 2.26. The first-order valence-corrected chi connectivity index (χ1v) is 11.2. The average Bonchev–Trinajstić information content (AvgIpc) is 3.35. The van der Waals surface area contributed by atoms with Crippen LogP contribution in [0, 0.1) is 19.8 Å². The Morgan fingerprint density at radius 1 is 1.23 bits per heavy atom. The Labute approximate surface area is 200 Å². The molecule has 8 heteroatoms. The first-order chi connectivity index (χ1) is 14.0. The van der Waals surface area contributed by atoms with E-state index >= 15 is 0 Å². The Kier molecular flexibility index (Phi) is 10.0. The number of amides is 1. The number of benzene rings is 1. The van der Waals surface area contributed by atoms with Gasteiger partial charge in [0.05, 0.1) is 18.8 Å². The van der Waals surface area contributed by atoms with Gasteiger partial charge in [0.1, 0.15) is 5.01 Å². The van der Waals surface area contributed by atoms with Gasteiger partial charge in [0.25, 0.3) is 0 Å². The molecular formula is C22H32IN5OS. The van der Waals surface area contributed by atoms with E-state index in [2.05, 4.69) is 32.9 Å². The molecule has 1 aliphatic rings. The van der Waals surface area contributed by atoms with Crippen LogP contribution in [-0.4, -0.2) is 23.4 Å². The molecule has 1 aromatic carbocycles. The zero-order chi connectivity index (χ0) is 20.6. The standard InChI is InChI=1S/C22H31N5OS.HI/c1-4-23-22(25-14-20-26-15(2)16(3)29-20)24-13-17-8-7-11-19(12-17)27-21(28)18-9-5-6-10-18;/h7-8,11-12,18H,4-6,9-10,13-14H2,1-3H3,(H,27,28)(H2,23,24,25);1H. The summed E-state index contributed by atoms with van der Waals surface area (Å²) in [6.07, 6.45) is 4.33. The molecule has 0 atom stereocenters. The van der Waals surface area contributed by atoms with Crippen LogP contribution in [0.3, 0.4) is 0 Å². The lowest BCUT2D eigenvalue weighted by molar-refractivity contribution is -0.119. The number of halogens is 1. The van der Waals surface area contributed by atoms with E-state index in [0.29, 0.717) is 13.1 Å². The van der Waals surface area contributed by atoms with Gasteiger partial charge in [0.2, 0.25) is 5.91 Å². The van der Waals surface area contributed by atoms with Gasteiger partial charge < -0.3 is 16.0 Å². The molecule has 1 heterocycles. The van der Waals surface area contributed by atoms with Crippen molar-refractivity contribution >= 4 is 52.9 Å². The van der Waals surface area contributed by atoms with Crippen LogP contribution in [0.2, 0.25) is 0 Å². The quantitative estimate of drug-likeness (QED) is 0.268. The maximum Gasteiger partial charge on any atom is 0.227 e. The van der Waals surface area contributed by atoms with E-state index in [0.717, 1.165) is 60.1 Å². The zero-order valence-corrected chi connectivity index (χ0v) is 21.1. The number of aryl methyl sites for hydroxylation is 2. The van der Waals surface area contributed by atoms with Crippen molar-refractivity contribution in [2.75, 3.05) is 11.9 Å². The predicted molar refractivity (Wildman–Crippen MR) is 136 cm³/mol. The molecule has 0 unspecified atom stereocenters. The fourth-order valence-corrected chi connectivity index (χ4v) is 4.34. The second-order valence-corrected chi connectivity index (χ2v) is 8.76. The van der Waals surface area contributed by atoms with Crippen molar-refractivity contribution in [3.8, 4) is 0 Å². The van der Waals surface area contributed by atoms with Crippen molar-refractivity contribution in [2.24, 2.45) is 10.9 Å². The third kappa shape index (κ3) is 7.23. The van der Waals surface area contributed by atoms with Gasteiger partial charge in [-0.1, -0.05) is 25.0 Å². The summed E-state index contributed by atoms with van der Waals surface area (Å²) < 4.78 is 0. The second kappa shape index (κ2) is 12.2. The molecule has 164 valence electrons. The molecule has 6 nitrogen and oxygen atoms in total. The van der Waals surface area contributed by atoms with Crippen LogP contribution >= 0.6 is 35.3 Å². The maximum absolute atomic E-state index is 12.4. The molecule has 30 heavy (non-hydrogen) atoms. The Balaban J connectivity index is 0.00000320. The Morgan fingerprint density at radius 3 is 2.67 bits per heavy atom. The molecule has 0 aliphatic heterocycles. The van der Waals surface area contributed by atoms with Crippen LogP contribution in [0.5, 0.6) is 0 Å². The second-order valence-electron chi connectivity index (χ2n) is 7.47. The van der Waals surface area contributed by atoms with Gasteiger partial charge in [-0.25, -0.2) is 9.98 Å². The predicted octanol–water partition coefficient (Wildman–Crippen LogP) is 4.76. The summed E-state index contributed by atoms with van der Waals surface area (Å²) >= 11 is 1.71. The Hall–Kier alpha value is -1.68. The average molecular weight is 542 g/mol. The van der Waals surface area contributed by atoms with Crippen LogP contribution in [-0.2, 0) is 17.9 Å². The fourth-order valence-electron chi connectivity index (χ4n) is 3.47. The third-order valence-electron chi connectivity index (χ3n) is 5.16. The molecule has 1 amide bonds. The van der Waals surface area contributed by atoms with E-state index < -0.39 is 0 Å². The molecule has 0 bridgehead atoms. The summed E-state index contributed by atoms with van der Waals surface area (Å²) in [5.74, 6) is 1.07. The van der Waals surface area contributed by atoms with Crippen molar-refractivity contribution in [1.82, 2.24) is 15.6 Å². The number of guanidine groups is 1. The first kappa shape index (κ1) is 24.6. The molecule has 2 aromatic rings. The number of hydrogen-bond acceptors (Lipinski definition) is 4. The summed E-state index contributed by atoms with van der Waals surface area (Å²) in [4.78, 5) is 22.9. The van der Waals surface area contributed by atoms with Gasteiger partial charge in [0, 0.05) is 23.0 Å². The summed E-state index contributed by atoms with van der Waals surface area (Å²) in [6, 6.07) is 7.95. The Bertz CT molecular complexity index is 841. The topological polar surface area (TPSA) is 78.4 Å². The molecule has 1 fully saturated rings. The van der Waals surface area contributed by atoms with E-state index in [-0.39, 0.29) is 35.8 Å². The number of rotatable bonds is 7. The van der Waals surface area contributed by atoms with Crippen LogP contribution < -0.4 is 16.0 Å². The largest absolute Gasteiger partial charge is 0.357 e. The number of nitrogens with one attached hydrogen (secondary N) is 3. The molecule has 3 rings (SSSR count). The van der Waals surface area contributed by atoms with Crippen LogP contribution in [0.15, 0.2) is 29.3 Å².